The predicted octanol–water partition coefficient (Wildman–Crippen LogP) is 2.47. The third-order valence-electron chi connectivity index (χ3n) is 3.16. The van der Waals surface area contributed by atoms with Gasteiger partial charge in [-0.05, 0) is 17.5 Å². The largest absolute Gasteiger partial charge is 0.326 e. The molecule has 1 rings (SSSR count). The predicted molar refractivity (Wildman–Crippen MR) is 60.0 cm³/mol. The molecule has 1 heterocycles. The van der Waals surface area contributed by atoms with Crippen molar-refractivity contribution < 1.29 is 0 Å². The first-order valence-corrected chi connectivity index (χ1v) is 5.14. The lowest BCUT2D eigenvalue weighted by Gasteiger charge is -2.28. The minimum Gasteiger partial charge on any atom is -0.326 e. The molecule has 1 aromatic rings. The Morgan fingerprint density at radius 3 is 2.36 bits per heavy atom. The summed E-state index contributed by atoms with van der Waals surface area (Å²) in [5.74, 6) is 0.582. The minimum absolute atomic E-state index is 0.132. The molecular formula is C12H20N2. The summed E-state index contributed by atoms with van der Waals surface area (Å²) in [7, 11) is 0. The number of nitrogens with two attached hydrogens (primary N) is 1. The van der Waals surface area contributed by atoms with Crippen LogP contribution in [0.5, 0.6) is 0 Å². The van der Waals surface area contributed by atoms with Gasteiger partial charge in [0.2, 0.25) is 0 Å². The molecule has 0 aromatic carbocycles. The van der Waals surface area contributed by atoms with Crippen LogP contribution in [0.4, 0.5) is 0 Å². The fourth-order valence-electron chi connectivity index (χ4n) is 1.22. The van der Waals surface area contributed by atoms with Gasteiger partial charge in [-0.2, -0.15) is 0 Å². The van der Waals surface area contributed by atoms with E-state index in [0.717, 1.165) is 11.3 Å². The monoisotopic (exact) mass is 192 g/mol. The molecule has 2 heteroatoms. The molecule has 0 amide bonds. The highest BCUT2D eigenvalue weighted by Crippen LogP contribution is 2.29. The second kappa shape index (κ2) is 4.09. The number of hydrogen-bond donors (Lipinski definition) is 1. The first-order chi connectivity index (χ1) is 6.48. The van der Waals surface area contributed by atoms with Crippen molar-refractivity contribution >= 4 is 0 Å². The second-order valence-corrected chi connectivity index (χ2v) is 4.63. The van der Waals surface area contributed by atoms with Gasteiger partial charge in [0.15, 0.2) is 0 Å². The number of rotatable bonds is 3. The van der Waals surface area contributed by atoms with Crippen LogP contribution in [0.1, 0.15) is 39.0 Å². The molecule has 2 N–H and O–H groups in total. The Balaban J connectivity index is 2.97. The van der Waals surface area contributed by atoms with Gasteiger partial charge >= 0.3 is 0 Å². The van der Waals surface area contributed by atoms with E-state index in [1.165, 1.54) is 0 Å². The van der Waals surface area contributed by atoms with E-state index in [1.807, 2.05) is 6.20 Å². The van der Waals surface area contributed by atoms with Crippen LogP contribution in [0.15, 0.2) is 18.3 Å². The normalized spacial score (nSPS) is 12.1. The van der Waals surface area contributed by atoms with Crippen molar-refractivity contribution in [1.82, 2.24) is 4.98 Å². The highest BCUT2D eigenvalue weighted by Gasteiger charge is 2.25. The summed E-state index contributed by atoms with van der Waals surface area (Å²) in [4.78, 5) is 4.46. The van der Waals surface area contributed by atoms with Gasteiger partial charge in [0.05, 0.1) is 0 Å². The van der Waals surface area contributed by atoms with Gasteiger partial charge < -0.3 is 5.73 Å². The van der Waals surface area contributed by atoms with Crippen molar-refractivity contribution in [2.75, 3.05) is 0 Å². The molecule has 0 saturated carbocycles. The molecule has 0 aliphatic carbocycles. The third kappa shape index (κ3) is 2.13. The summed E-state index contributed by atoms with van der Waals surface area (Å²) in [6.45, 7) is 9.46. The SMILES string of the molecule is CC(C)C(C)(C)c1ccc(CN)cn1. The Kier molecular flexibility index (Phi) is 3.27. The standard InChI is InChI=1S/C12H20N2/c1-9(2)12(3,4)11-6-5-10(7-13)8-14-11/h5-6,8-9H,7,13H2,1-4H3. The van der Waals surface area contributed by atoms with Gasteiger partial charge in [0.25, 0.3) is 0 Å². The van der Waals surface area contributed by atoms with Crippen molar-refractivity contribution in [2.45, 2.75) is 39.7 Å². The van der Waals surface area contributed by atoms with Crippen LogP contribution in [0, 0.1) is 5.92 Å². The van der Waals surface area contributed by atoms with Gasteiger partial charge in [0, 0.05) is 23.9 Å². The minimum atomic E-state index is 0.132. The van der Waals surface area contributed by atoms with Crippen LogP contribution in [-0.4, -0.2) is 4.98 Å². The molecule has 2 nitrogen and oxygen atoms in total. The highest BCUT2D eigenvalue weighted by atomic mass is 14.7. The van der Waals surface area contributed by atoms with E-state index >= 15 is 0 Å². The molecule has 1 aromatic heterocycles. The van der Waals surface area contributed by atoms with Gasteiger partial charge in [-0.15, -0.1) is 0 Å². The summed E-state index contributed by atoms with van der Waals surface area (Å²) in [5.41, 5.74) is 7.90. The Labute approximate surface area is 86.5 Å². The molecular weight excluding hydrogens is 172 g/mol. The molecule has 0 saturated heterocycles. The molecule has 0 spiro atoms. The van der Waals surface area contributed by atoms with Crippen LogP contribution >= 0.6 is 0 Å². The zero-order valence-electron chi connectivity index (χ0n) is 9.54. The average molecular weight is 192 g/mol. The van der Waals surface area contributed by atoms with Crippen molar-refractivity contribution in [3.05, 3.63) is 29.6 Å². The molecule has 0 fully saturated rings. The summed E-state index contributed by atoms with van der Waals surface area (Å²) in [6, 6.07) is 4.15. The smallest absolute Gasteiger partial charge is 0.0462 e. The second-order valence-electron chi connectivity index (χ2n) is 4.63. The first-order valence-electron chi connectivity index (χ1n) is 5.14. The highest BCUT2D eigenvalue weighted by molar-refractivity contribution is 5.20. The van der Waals surface area contributed by atoms with E-state index in [4.69, 9.17) is 5.73 Å². The zero-order chi connectivity index (χ0) is 10.8. The summed E-state index contributed by atoms with van der Waals surface area (Å²) >= 11 is 0. The molecule has 78 valence electrons. The Morgan fingerprint density at radius 1 is 1.36 bits per heavy atom. The summed E-state index contributed by atoms with van der Waals surface area (Å²) < 4.78 is 0. The lowest BCUT2D eigenvalue weighted by atomic mass is 9.78. The lowest BCUT2D eigenvalue weighted by Crippen LogP contribution is -2.25. The maximum Gasteiger partial charge on any atom is 0.0462 e. The molecule has 14 heavy (non-hydrogen) atoms. The van der Waals surface area contributed by atoms with Crippen LogP contribution in [0.3, 0.4) is 0 Å². The van der Waals surface area contributed by atoms with E-state index < -0.39 is 0 Å². The number of aromatic nitrogens is 1. The van der Waals surface area contributed by atoms with E-state index in [9.17, 15) is 0 Å². The Hall–Kier alpha value is -0.890. The first kappa shape index (κ1) is 11.2. The van der Waals surface area contributed by atoms with Crippen LogP contribution in [0.2, 0.25) is 0 Å². The molecule has 0 aliphatic rings. The molecule has 0 atom stereocenters. The summed E-state index contributed by atoms with van der Waals surface area (Å²) in [6.07, 6.45) is 1.87. The van der Waals surface area contributed by atoms with E-state index in [-0.39, 0.29) is 5.41 Å². The van der Waals surface area contributed by atoms with Gasteiger partial charge in [0.1, 0.15) is 0 Å². The topological polar surface area (TPSA) is 38.9 Å². The Morgan fingerprint density at radius 2 is 2.00 bits per heavy atom. The van der Waals surface area contributed by atoms with Gasteiger partial charge in [-0.1, -0.05) is 33.8 Å². The van der Waals surface area contributed by atoms with E-state index in [2.05, 4.69) is 44.8 Å². The molecule has 0 radical (unpaired) electrons. The quantitative estimate of drug-likeness (QED) is 0.799. The molecule has 0 unspecified atom stereocenters. The number of nitrogens with zero attached hydrogens (tertiary/aromatic N) is 1. The molecule has 0 aliphatic heterocycles. The van der Waals surface area contributed by atoms with Crippen molar-refractivity contribution in [2.24, 2.45) is 11.7 Å². The maximum atomic E-state index is 5.53. The fourth-order valence-corrected chi connectivity index (χ4v) is 1.22. The van der Waals surface area contributed by atoms with Crippen LogP contribution < -0.4 is 5.73 Å². The zero-order valence-corrected chi connectivity index (χ0v) is 9.54. The third-order valence-corrected chi connectivity index (χ3v) is 3.16. The van der Waals surface area contributed by atoms with Gasteiger partial charge in [-0.25, -0.2) is 0 Å². The van der Waals surface area contributed by atoms with E-state index in [0.29, 0.717) is 12.5 Å². The Bertz CT molecular complexity index is 286. The summed E-state index contributed by atoms with van der Waals surface area (Å²) in [5, 5.41) is 0. The maximum absolute atomic E-state index is 5.53. The van der Waals surface area contributed by atoms with Crippen LogP contribution in [-0.2, 0) is 12.0 Å². The van der Waals surface area contributed by atoms with Crippen molar-refractivity contribution in [1.29, 1.82) is 0 Å². The lowest BCUT2D eigenvalue weighted by molar-refractivity contribution is 0.362. The fraction of sp³-hybridized carbons (Fsp3) is 0.583. The van der Waals surface area contributed by atoms with Crippen molar-refractivity contribution in [3.63, 3.8) is 0 Å². The molecule has 0 bridgehead atoms. The average Bonchev–Trinajstić information content (AvgIpc) is 2.17. The van der Waals surface area contributed by atoms with Crippen LogP contribution in [0.25, 0.3) is 0 Å². The van der Waals surface area contributed by atoms with E-state index in [1.54, 1.807) is 0 Å². The van der Waals surface area contributed by atoms with Gasteiger partial charge in [-0.3, -0.25) is 4.98 Å². The number of pyridine rings is 1. The van der Waals surface area contributed by atoms with Crippen molar-refractivity contribution in [3.8, 4) is 0 Å². The number of hydrogen-bond acceptors (Lipinski definition) is 2.